The van der Waals surface area contributed by atoms with E-state index in [0.717, 1.165) is 0 Å². The molecule has 2 rings (SSSR count). The quantitative estimate of drug-likeness (QED) is 0.859. The Morgan fingerprint density at radius 1 is 1.21 bits per heavy atom. The van der Waals surface area contributed by atoms with Gasteiger partial charge in [0.05, 0.1) is 16.7 Å². The maximum atomic E-state index is 8.91. The summed E-state index contributed by atoms with van der Waals surface area (Å²) in [5.41, 5.74) is 1.48. The lowest BCUT2D eigenvalue weighted by molar-refractivity contribution is 0.305. The van der Waals surface area contributed by atoms with Gasteiger partial charge in [0.15, 0.2) is 0 Å². The van der Waals surface area contributed by atoms with Gasteiger partial charge in [0.25, 0.3) is 0 Å². The molecule has 1 aromatic heterocycles. The van der Waals surface area contributed by atoms with Crippen LogP contribution >= 0.6 is 11.6 Å². The van der Waals surface area contributed by atoms with Crippen LogP contribution in [0.1, 0.15) is 16.8 Å². The highest BCUT2D eigenvalue weighted by Gasteiger charge is 2.06. The van der Waals surface area contributed by atoms with E-state index in [4.69, 9.17) is 26.9 Å². The molecule has 4 nitrogen and oxygen atoms in total. The predicted octanol–water partition coefficient (Wildman–Crippen LogP) is 3.06. The highest BCUT2D eigenvalue weighted by Crippen LogP contribution is 2.26. The van der Waals surface area contributed by atoms with Crippen LogP contribution in [0.4, 0.5) is 0 Å². The molecule has 0 saturated carbocycles. The second-order valence-electron chi connectivity index (χ2n) is 3.67. The number of hydrogen-bond acceptors (Lipinski definition) is 4. The monoisotopic (exact) mass is 269 g/mol. The second-order valence-corrected chi connectivity index (χ2v) is 4.08. The summed E-state index contributed by atoms with van der Waals surface area (Å²) in [4.78, 5) is 3.94. The van der Waals surface area contributed by atoms with E-state index in [1.54, 1.807) is 30.5 Å². The van der Waals surface area contributed by atoms with Crippen molar-refractivity contribution in [3.8, 4) is 17.9 Å². The zero-order valence-electron chi connectivity index (χ0n) is 9.80. The van der Waals surface area contributed by atoms with Crippen LogP contribution in [-0.2, 0) is 6.61 Å². The van der Waals surface area contributed by atoms with Crippen molar-refractivity contribution >= 4 is 11.6 Å². The molecule has 0 aliphatic rings. The molecule has 0 bridgehead atoms. The average molecular weight is 270 g/mol. The van der Waals surface area contributed by atoms with Crippen molar-refractivity contribution in [3.63, 3.8) is 0 Å². The van der Waals surface area contributed by atoms with Gasteiger partial charge in [0.2, 0.25) is 0 Å². The topological polar surface area (TPSA) is 69.7 Å². The molecule has 1 aromatic carbocycles. The predicted molar refractivity (Wildman–Crippen MR) is 69.5 cm³/mol. The molecular formula is C14H8ClN3O. The molecule has 0 radical (unpaired) electrons. The SMILES string of the molecule is N#Cc1ccc(OCc2cccnc2C#N)c(Cl)c1. The Labute approximate surface area is 115 Å². The first kappa shape index (κ1) is 12.9. The van der Waals surface area contributed by atoms with Crippen molar-refractivity contribution in [2.45, 2.75) is 6.61 Å². The fraction of sp³-hybridized carbons (Fsp3) is 0.0714. The Bertz CT molecular complexity index is 686. The standard InChI is InChI=1S/C14H8ClN3O/c15-12-6-10(7-16)3-4-14(12)19-9-11-2-1-5-18-13(11)8-17/h1-6H,9H2. The molecule has 1 heterocycles. The Morgan fingerprint density at radius 3 is 2.74 bits per heavy atom. The van der Waals surface area contributed by atoms with Crippen molar-refractivity contribution in [3.05, 3.63) is 58.4 Å². The van der Waals surface area contributed by atoms with E-state index in [1.165, 1.54) is 6.07 Å². The number of nitriles is 2. The number of rotatable bonds is 3. The van der Waals surface area contributed by atoms with Crippen LogP contribution in [0.15, 0.2) is 36.5 Å². The Kier molecular flexibility index (Phi) is 3.97. The van der Waals surface area contributed by atoms with E-state index in [9.17, 15) is 0 Å². The van der Waals surface area contributed by atoms with Gasteiger partial charge in [-0.05, 0) is 24.3 Å². The summed E-state index contributed by atoms with van der Waals surface area (Å²) in [6, 6.07) is 12.3. The number of hydrogen-bond donors (Lipinski definition) is 0. The molecule has 2 aromatic rings. The minimum Gasteiger partial charge on any atom is -0.487 e. The van der Waals surface area contributed by atoms with Crippen LogP contribution in [0.3, 0.4) is 0 Å². The first-order valence-electron chi connectivity index (χ1n) is 5.41. The van der Waals surface area contributed by atoms with E-state index < -0.39 is 0 Å². The molecule has 0 aliphatic heterocycles. The zero-order valence-corrected chi connectivity index (χ0v) is 10.6. The van der Waals surface area contributed by atoms with Gasteiger partial charge in [0.1, 0.15) is 24.1 Å². The summed E-state index contributed by atoms with van der Waals surface area (Å²) >= 11 is 5.99. The maximum absolute atomic E-state index is 8.91. The lowest BCUT2D eigenvalue weighted by Crippen LogP contribution is -2.00. The highest BCUT2D eigenvalue weighted by atomic mass is 35.5. The van der Waals surface area contributed by atoms with Gasteiger partial charge in [-0.3, -0.25) is 0 Å². The van der Waals surface area contributed by atoms with Crippen LogP contribution in [0.2, 0.25) is 5.02 Å². The third-order valence-electron chi connectivity index (χ3n) is 2.44. The zero-order chi connectivity index (χ0) is 13.7. The summed E-state index contributed by atoms with van der Waals surface area (Å²) in [7, 11) is 0. The van der Waals surface area contributed by atoms with Gasteiger partial charge in [-0.2, -0.15) is 10.5 Å². The highest BCUT2D eigenvalue weighted by molar-refractivity contribution is 6.32. The molecule has 0 amide bonds. The van der Waals surface area contributed by atoms with Gasteiger partial charge < -0.3 is 4.74 Å². The van der Waals surface area contributed by atoms with E-state index in [1.807, 2.05) is 12.1 Å². The minimum absolute atomic E-state index is 0.197. The first-order chi connectivity index (χ1) is 9.24. The maximum Gasteiger partial charge on any atom is 0.147 e. The Hall–Kier alpha value is -2.56. The van der Waals surface area contributed by atoms with E-state index in [2.05, 4.69) is 4.98 Å². The normalized spacial score (nSPS) is 9.42. The van der Waals surface area contributed by atoms with Gasteiger partial charge >= 0.3 is 0 Å². The summed E-state index contributed by atoms with van der Waals surface area (Å²) in [5, 5.41) is 18.0. The molecule has 0 saturated heterocycles. The minimum atomic E-state index is 0.197. The molecule has 0 unspecified atom stereocenters. The fourth-order valence-electron chi connectivity index (χ4n) is 1.50. The van der Waals surface area contributed by atoms with Crippen LogP contribution in [0, 0.1) is 22.7 Å². The summed E-state index contributed by atoms with van der Waals surface area (Å²) < 4.78 is 5.53. The molecule has 0 aliphatic carbocycles. The van der Waals surface area contributed by atoms with Crippen molar-refractivity contribution in [1.82, 2.24) is 4.98 Å². The van der Waals surface area contributed by atoms with Crippen molar-refractivity contribution in [2.24, 2.45) is 0 Å². The fourth-order valence-corrected chi connectivity index (χ4v) is 1.73. The number of nitrogens with zero attached hydrogens (tertiary/aromatic N) is 3. The van der Waals surface area contributed by atoms with Crippen LogP contribution < -0.4 is 4.74 Å². The molecular weight excluding hydrogens is 262 g/mol. The molecule has 19 heavy (non-hydrogen) atoms. The Balaban J connectivity index is 2.16. The van der Waals surface area contributed by atoms with Gasteiger partial charge in [-0.25, -0.2) is 4.98 Å². The summed E-state index contributed by atoms with van der Waals surface area (Å²) in [6.45, 7) is 0.197. The van der Waals surface area contributed by atoms with Gasteiger partial charge in [-0.15, -0.1) is 0 Å². The molecule has 0 atom stereocenters. The van der Waals surface area contributed by atoms with Crippen molar-refractivity contribution in [1.29, 1.82) is 10.5 Å². The summed E-state index contributed by atoms with van der Waals surface area (Å²) in [6.07, 6.45) is 1.55. The Morgan fingerprint density at radius 2 is 2.05 bits per heavy atom. The number of benzene rings is 1. The third kappa shape index (κ3) is 3.01. The number of pyridine rings is 1. The van der Waals surface area contributed by atoms with Gasteiger partial charge in [0, 0.05) is 11.8 Å². The first-order valence-corrected chi connectivity index (χ1v) is 5.79. The van der Waals surface area contributed by atoms with E-state index >= 15 is 0 Å². The molecule has 0 fully saturated rings. The largest absolute Gasteiger partial charge is 0.487 e. The van der Waals surface area contributed by atoms with Crippen LogP contribution in [-0.4, -0.2) is 4.98 Å². The molecule has 92 valence electrons. The smallest absolute Gasteiger partial charge is 0.147 e. The average Bonchev–Trinajstić information content (AvgIpc) is 2.46. The van der Waals surface area contributed by atoms with Gasteiger partial charge in [-0.1, -0.05) is 17.7 Å². The van der Waals surface area contributed by atoms with E-state index in [0.29, 0.717) is 27.6 Å². The summed E-state index contributed by atoms with van der Waals surface area (Å²) in [5.74, 6) is 0.466. The third-order valence-corrected chi connectivity index (χ3v) is 2.74. The molecule has 0 spiro atoms. The lowest BCUT2D eigenvalue weighted by atomic mass is 10.2. The van der Waals surface area contributed by atoms with Crippen molar-refractivity contribution < 1.29 is 4.74 Å². The lowest BCUT2D eigenvalue weighted by Gasteiger charge is -2.08. The number of halogens is 1. The van der Waals surface area contributed by atoms with Crippen molar-refractivity contribution in [2.75, 3.05) is 0 Å². The number of aromatic nitrogens is 1. The number of ether oxygens (including phenoxy) is 1. The van der Waals surface area contributed by atoms with E-state index in [-0.39, 0.29) is 6.61 Å². The molecule has 5 heteroatoms. The van der Waals surface area contributed by atoms with Crippen LogP contribution in [0.25, 0.3) is 0 Å². The molecule has 0 N–H and O–H groups in total. The van der Waals surface area contributed by atoms with Crippen LogP contribution in [0.5, 0.6) is 5.75 Å². The second kappa shape index (κ2) is 5.86.